The van der Waals surface area contributed by atoms with Crippen LogP contribution in [-0.4, -0.2) is 46.4 Å². The van der Waals surface area contributed by atoms with Gasteiger partial charge in [0, 0.05) is 12.1 Å². The molecule has 4 rings (SSSR count). The molecule has 0 aliphatic heterocycles. The van der Waals surface area contributed by atoms with Gasteiger partial charge in [0.1, 0.15) is 23.0 Å². The Morgan fingerprint density at radius 2 is 1.68 bits per heavy atom. The molecule has 0 saturated carbocycles. The quantitative estimate of drug-likeness (QED) is 0.438. The van der Waals surface area contributed by atoms with Gasteiger partial charge in [-0.25, -0.2) is 18.4 Å². The molecule has 1 N–H and O–H groups in total. The second-order valence-corrected chi connectivity index (χ2v) is 8.55. The maximum atomic E-state index is 14.3. The van der Waals surface area contributed by atoms with Crippen LogP contribution in [0.15, 0.2) is 42.9 Å². The van der Waals surface area contributed by atoms with E-state index >= 15 is 0 Å². The molecular weight excluding hydrogens is 440 g/mol. The van der Waals surface area contributed by atoms with Crippen molar-refractivity contribution in [2.24, 2.45) is 0 Å². The lowest BCUT2D eigenvalue weighted by atomic mass is 9.92. The number of aliphatic hydroxyl groups excluding tert-OH is 1. The normalized spacial score (nSPS) is 13.3. The number of halogens is 2. The second kappa shape index (κ2) is 9.68. The van der Waals surface area contributed by atoms with E-state index in [2.05, 4.69) is 25.5 Å². The molecular formula is C24H25F2N7O. The number of aromatic nitrogens is 7. The van der Waals surface area contributed by atoms with E-state index in [1.54, 1.807) is 36.3 Å². The van der Waals surface area contributed by atoms with Crippen LogP contribution in [0.1, 0.15) is 56.5 Å². The third-order valence-corrected chi connectivity index (χ3v) is 5.45. The molecule has 176 valence electrons. The van der Waals surface area contributed by atoms with Crippen molar-refractivity contribution in [2.75, 3.05) is 0 Å². The molecule has 0 aliphatic carbocycles. The van der Waals surface area contributed by atoms with Crippen molar-refractivity contribution < 1.29 is 13.9 Å². The minimum Gasteiger partial charge on any atom is -0.391 e. The lowest BCUT2D eigenvalue weighted by Crippen LogP contribution is -2.12. The first-order chi connectivity index (χ1) is 16.2. The smallest absolute Gasteiger partial charge is 0.135 e. The van der Waals surface area contributed by atoms with E-state index in [9.17, 15) is 13.9 Å². The van der Waals surface area contributed by atoms with Gasteiger partial charge in [-0.05, 0) is 36.6 Å². The van der Waals surface area contributed by atoms with Gasteiger partial charge in [-0.3, -0.25) is 4.98 Å². The van der Waals surface area contributed by atoms with Gasteiger partial charge in [0.15, 0.2) is 0 Å². The zero-order chi connectivity index (χ0) is 24.4. The molecule has 4 aromatic rings. The largest absolute Gasteiger partial charge is 0.391 e. The molecule has 0 fully saturated rings. The molecule has 1 unspecified atom stereocenters. The Balaban J connectivity index is 1.70. The van der Waals surface area contributed by atoms with Crippen LogP contribution in [0.5, 0.6) is 0 Å². The number of hydrogen-bond acceptors (Lipinski definition) is 7. The fraction of sp³-hybridized carbons (Fsp3) is 0.333. The summed E-state index contributed by atoms with van der Waals surface area (Å²) >= 11 is 0. The molecule has 1 aromatic carbocycles. The van der Waals surface area contributed by atoms with Crippen molar-refractivity contribution in [1.82, 2.24) is 35.2 Å². The van der Waals surface area contributed by atoms with Gasteiger partial charge in [-0.15, -0.1) is 5.10 Å². The van der Waals surface area contributed by atoms with Crippen LogP contribution in [0, 0.1) is 11.6 Å². The van der Waals surface area contributed by atoms with Crippen LogP contribution in [0.4, 0.5) is 8.78 Å². The van der Waals surface area contributed by atoms with Crippen LogP contribution in [0.3, 0.4) is 0 Å². The van der Waals surface area contributed by atoms with Gasteiger partial charge in [-0.2, -0.15) is 10.2 Å². The molecule has 0 saturated heterocycles. The topological polar surface area (TPSA) is 102 Å². The Labute approximate surface area is 195 Å². The zero-order valence-electron chi connectivity index (χ0n) is 19.3. The van der Waals surface area contributed by atoms with Gasteiger partial charge in [-0.1, -0.05) is 32.1 Å². The number of rotatable bonds is 7. The van der Waals surface area contributed by atoms with Crippen molar-refractivity contribution >= 4 is 0 Å². The summed E-state index contributed by atoms with van der Waals surface area (Å²) in [6.45, 7) is 7.88. The van der Waals surface area contributed by atoms with E-state index < -0.39 is 17.7 Å². The highest BCUT2D eigenvalue weighted by Gasteiger charge is 2.22. The molecule has 2 atom stereocenters. The predicted octanol–water partition coefficient (Wildman–Crippen LogP) is 4.13. The van der Waals surface area contributed by atoms with Gasteiger partial charge < -0.3 is 5.11 Å². The van der Waals surface area contributed by atoms with Crippen LogP contribution < -0.4 is 0 Å². The predicted molar refractivity (Wildman–Crippen MR) is 122 cm³/mol. The number of nitrogens with zero attached hydrogens (tertiary/aromatic N) is 7. The molecule has 0 bridgehead atoms. The Kier molecular flexibility index (Phi) is 6.69. The van der Waals surface area contributed by atoms with Crippen LogP contribution in [-0.2, 0) is 6.54 Å². The monoisotopic (exact) mass is 465 g/mol. The molecule has 3 aromatic heterocycles. The van der Waals surface area contributed by atoms with Crippen molar-refractivity contribution in [3.8, 4) is 22.6 Å². The highest BCUT2D eigenvalue weighted by molar-refractivity contribution is 5.61. The summed E-state index contributed by atoms with van der Waals surface area (Å²) in [4.78, 5) is 9.00. The fourth-order valence-electron chi connectivity index (χ4n) is 3.71. The summed E-state index contributed by atoms with van der Waals surface area (Å²) in [6.07, 6.45) is 4.37. The zero-order valence-corrected chi connectivity index (χ0v) is 19.3. The molecule has 3 heterocycles. The number of hydrogen-bond donors (Lipinski definition) is 1. The standard InChI is InChI=1S/C24H25F2N7O/c1-13(2)16-8-19(23-17(25)6-5-7-18(23)26)29-31-24(16)15(4)20-9-27-10-21(28-20)22-12-33(32-30-22)11-14(3)34/h5-10,12-15,34H,11H2,1-4H3/t14-,15?/m1/s1. The summed E-state index contributed by atoms with van der Waals surface area (Å²) < 4.78 is 30.2. The van der Waals surface area contributed by atoms with Crippen molar-refractivity contribution in [2.45, 2.75) is 52.2 Å². The van der Waals surface area contributed by atoms with Gasteiger partial charge in [0.05, 0.1) is 47.7 Å². The Bertz CT molecular complexity index is 1290. The Morgan fingerprint density at radius 1 is 0.941 bits per heavy atom. The Morgan fingerprint density at radius 3 is 2.35 bits per heavy atom. The molecule has 0 amide bonds. The van der Waals surface area contributed by atoms with Crippen molar-refractivity contribution in [3.05, 3.63) is 71.4 Å². The molecule has 34 heavy (non-hydrogen) atoms. The molecule has 0 radical (unpaired) electrons. The lowest BCUT2D eigenvalue weighted by molar-refractivity contribution is 0.167. The molecule has 0 aliphatic rings. The molecule has 0 spiro atoms. The minimum atomic E-state index is -0.688. The fourth-order valence-corrected chi connectivity index (χ4v) is 3.71. The van der Waals surface area contributed by atoms with E-state index in [1.165, 1.54) is 18.2 Å². The van der Waals surface area contributed by atoms with E-state index in [-0.39, 0.29) is 23.1 Å². The van der Waals surface area contributed by atoms with Crippen molar-refractivity contribution in [3.63, 3.8) is 0 Å². The maximum absolute atomic E-state index is 14.3. The average molecular weight is 466 g/mol. The first-order valence-corrected chi connectivity index (χ1v) is 11.0. The average Bonchev–Trinajstić information content (AvgIpc) is 3.26. The van der Waals surface area contributed by atoms with E-state index in [0.717, 1.165) is 5.56 Å². The summed E-state index contributed by atoms with van der Waals surface area (Å²) in [5.41, 5.74) is 3.12. The number of benzene rings is 1. The van der Waals surface area contributed by atoms with Crippen molar-refractivity contribution in [1.29, 1.82) is 0 Å². The third kappa shape index (κ3) is 4.81. The Hall–Kier alpha value is -3.66. The highest BCUT2D eigenvalue weighted by atomic mass is 19.1. The molecule has 10 heteroatoms. The first-order valence-electron chi connectivity index (χ1n) is 11.0. The summed E-state index contributed by atoms with van der Waals surface area (Å²) in [6, 6.07) is 5.40. The molecule has 8 nitrogen and oxygen atoms in total. The second-order valence-electron chi connectivity index (χ2n) is 8.55. The van der Waals surface area contributed by atoms with Crippen LogP contribution in [0.2, 0.25) is 0 Å². The summed E-state index contributed by atoms with van der Waals surface area (Å²) in [5.74, 6) is -1.64. The van der Waals surface area contributed by atoms with Crippen LogP contribution in [0.25, 0.3) is 22.6 Å². The van der Waals surface area contributed by atoms with Gasteiger partial charge >= 0.3 is 0 Å². The van der Waals surface area contributed by atoms with Gasteiger partial charge in [0.25, 0.3) is 0 Å². The van der Waals surface area contributed by atoms with Crippen LogP contribution >= 0.6 is 0 Å². The SMILES string of the molecule is CC(C)c1cc(-c2c(F)cccc2F)nnc1C(C)c1cncc(-c2cn(C[C@@H](C)O)nn2)n1. The van der Waals surface area contributed by atoms with Gasteiger partial charge in [0.2, 0.25) is 0 Å². The maximum Gasteiger partial charge on any atom is 0.135 e. The third-order valence-electron chi connectivity index (χ3n) is 5.45. The number of aliphatic hydroxyl groups is 1. The summed E-state index contributed by atoms with van der Waals surface area (Å²) in [7, 11) is 0. The van der Waals surface area contributed by atoms with E-state index in [1.807, 2.05) is 20.8 Å². The van der Waals surface area contributed by atoms with E-state index in [4.69, 9.17) is 4.98 Å². The lowest BCUT2D eigenvalue weighted by Gasteiger charge is -2.18. The minimum absolute atomic E-state index is 0.0260. The first kappa shape index (κ1) is 23.5. The summed E-state index contributed by atoms with van der Waals surface area (Å²) in [5, 5.41) is 26.2. The highest BCUT2D eigenvalue weighted by Crippen LogP contribution is 2.32. The van der Waals surface area contributed by atoms with E-state index in [0.29, 0.717) is 29.3 Å².